The predicted molar refractivity (Wildman–Crippen MR) is 87.3 cm³/mol. The number of rotatable bonds is 3. The number of imide groups is 1. The maximum Gasteiger partial charge on any atom is 0.255 e. The average Bonchev–Trinajstić information content (AvgIpc) is 3.05. The van der Waals surface area contributed by atoms with Crippen LogP contribution in [0.25, 0.3) is 0 Å². The third-order valence-electron chi connectivity index (χ3n) is 5.08. The summed E-state index contributed by atoms with van der Waals surface area (Å²) in [6.07, 6.45) is 0.629. The summed E-state index contributed by atoms with van der Waals surface area (Å²) in [4.78, 5) is 51.1. The first-order chi connectivity index (χ1) is 11.9. The number of benzene rings is 1. The molecule has 0 bridgehead atoms. The highest BCUT2D eigenvalue weighted by Gasteiger charge is 2.39. The molecule has 1 aromatic rings. The summed E-state index contributed by atoms with van der Waals surface area (Å²) in [5, 5.41) is 2.31. The summed E-state index contributed by atoms with van der Waals surface area (Å²) in [5.74, 6) is -0.703. The molecule has 1 fully saturated rings. The van der Waals surface area contributed by atoms with Crippen molar-refractivity contribution in [2.75, 3.05) is 6.54 Å². The van der Waals surface area contributed by atoms with E-state index >= 15 is 0 Å². The number of carbonyl (C=O) groups is 4. The number of nitrogens with zero attached hydrogens (tertiary/aromatic N) is 2. The van der Waals surface area contributed by atoms with E-state index < -0.39 is 11.9 Å². The van der Waals surface area contributed by atoms with Crippen molar-refractivity contribution in [2.45, 2.75) is 45.4 Å². The Kier molecular flexibility index (Phi) is 3.68. The first kappa shape index (κ1) is 16.0. The monoisotopic (exact) mass is 341 g/mol. The molecule has 3 aliphatic heterocycles. The Morgan fingerprint density at radius 2 is 1.84 bits per heavy atom. The molecule has 4 rings (SSSR count). The van der Waals surface area contributed by atoms with Gasteiger partial charge in [0.1, 0.15) is 11.8 Å². The summed E-state index contributed by atoms with van der Waals surface area (Å²) in [6.45, 7) is 3.74. The van der Waals surface area contributed by atoms with E-state index in [9.17, 15) is 19.2 Å². The van der Waals surface area contributed by atoms with E-state index in [0.29, 0.717) is 38.2 Å². The van der Waals surface area contributed by atoms with Crippen molar-refractivity contribution in [1.29, 1.82) is 0 Å². The van der Waals surface area contributed by atoms with Gasteiger partial charge in [-0.25, -0.2) is 0 Å². The minimum atomic E-state index is -0.582. The van der Waals surface area contributed by atoms with Crippen LogP contribution in [-0.4, -0.2) is 45.9 Å². The molecule has 3 amide bonds. The molecule has 0 saturated carbocycles. The maximum atomic E-state index is 12.8. The summed E-state index contributed by atoms with van der Waals surface area (Å²) >= 11 is 0. The molecule has 130 valence electrons. The van der Waals surface area contributed by atoms with Gasteiger partial charge in [-0.05, 0) is 36.1 Å². The molecule has 3 aliphatic rings. The molecule has 0 spiro atoms. The van der Waals surface area contributed by atoms with Gasteiger partial charge in [0.25, 0.3) is 5.91 Å². The van der Waals surface area contributed by atoms with E-state index in [-0.39, 0.29) is 24.0 Å². The van der Waals surface area contributed by atoms with Crippen LogP contribution in [-0.2, 0) is 34.0 Å². The molecule has 1 atom stereocenters. The quantitative estimate of drug-likeness (QED) is 0.802. The lowest BCUT2D eigenvalue weighted by atomic mass is 10.0. The van der Waals surface area contributed by atoms with Gasteiger partial charge in [0, 0.05) is 31.6 Å². The van der Waals surface area contributed by atoms with Crippen molar-refractivity contribution in [3.05, 3.63) is 34.4 Å². The van der Waals surface area contributed by atoms with Crippen LogP contribution in [0.3, 0.4) is 0 Å². The van der Waals surface area contributed by atoms with Gasteiger partial charge in [0.15, 0.2) is 0 Å². The van der Waals surface area contributed by atoms with Crippen LogP contribution >= 0.6 is 0 Å². The van der Waals surface area contributed by atoms with Crippen LogP contribution in [0, 0.1) is 0 Å². The van der Waals surface area contributed by atoms with Crippen molar-refractivity contribution >= 4 is 23.5 Å². The van der Waals surface area contributed by atoms with E-state index in [1.807, 2.05) is 12.1 Å². The second kappa shape index (κ2) is 5.77. The smallest absolute Gasteiger partial charge is 0.255 e. The van der Waals surface area contributed by atoms with E-state index in [4.69, 9.17) is 0 Å². The van der Waals surface area contributed by atoms with Gasteiger partial charge in [-0.2, -0.15) is 0 Å². The predicted octanol–water partition coefficient (Wildman–Crippen LogP) is 0.352. The summed E-state index contributed by atoms with van der Waals surface area (Å²) < 4.78 is 0. The number of amides is 3. The van der Waals surface area contributed by atoms with Gasteiger partial charge in [-0.15, -0.1) is 0 Å². The highest BCUT2D eigenvalue weighted by atomic mass is 16.2. The number of carbonyl (C=O) groups excluding carboxylic acids is 4. The van der Waals surface area contributed by atoms with Crippen molar-refractivity contribution in [3.8, 4) is 0 Å². The van der Waals surface area contributed by atoms with Gasteiger partial charge in [0.05, 0.1) is 6.54 Å². The van der Waals surface area contributed by atoms with Crippen molar-refractivity contribution in [3.63, 3.8) is 0 Å². The van der Waals surface area contributed by atoms with Gasteiger partial charge >= 0.3 is 0 Å². The zero-order valence-electron chi connectivity index (χ0n) is 14.0. The molecular formula is C18H19N3O4. The molecule has 25 heavy (non-hydrogen) atoms. The molecule has 3 heterocycles. The zero-order valence-corrected chi connectivity index (χ0v) is 14.0. The zero-order chi connectivity index (χ0) is 17.7. The Morgan fingerprint density at radius 3 is 2.52 bits per heavy atom. The molecular weight excluding hydrogens is 322 g/mol. The Balaban J connectivity index is 1.55. The fraction of sp³-hybridized carbons (Fsp3) is 0.444. The third-order valence-corrected chi connectivity index (χ3v) is 5.08. The number of nitrogens with one attached hydrogen (secondary N) is 1. The SMILES string of the molecule is CC(=O)CN1Cc2cc3c(cc2C1)C(=O)N(C1CCC(=O)NC1=O)C3. The molecule has 1 unspecified atom stereocenters. The molecule has 1 aromatic carbocycles. The van der Waals surface area contributed by atoms with Gasteiger partial charge in [-0.3, -0.25) is 29.4 Å². The summed E-state index contributed by atoms with van der Waals surface area (Å²) in [7, 11) is 0. The Bertz CT molecular complexity index is 817. The van der Waals surface area contributed by atoms with E-state index in [2.05, 4.69) is 10.2 Å². The highest BCUT2D eigenvalue weighted by Crippen LogP contribution is 2.33. The fourth-order valence-corrected chi connectivity index (χ4v) is 3.97. The van der Waals surface area contributed by atoms with Crippen molar-refractivity contribution < 1.29 is 19.2 Å². The first-order valence-corrected chi connectivity index (χ1v) is 8.43. The molecule has 0 aromatic heterocycles. The lowest BCUT2D eigenvalue weighted by Gasteiger charge is -2.29. The third kappa shape index (κ3) is 2.74. The van der Waals surface area contributed by atoms with Crippen LogP contribution in [0.5, 0.6) is 0 Å². The molecule has 1 saturated heterocycles. The van der Waals surface area contributed by atoms with Crippen molar-refractivity contribution in [1.82, 2.24) is 15.1 Å². The minimum absolute atomic E-state index is 0.125. The van der Waals surface area contributed by atoms with Gasteiger partial charge in [0.2, 0.25) is 11.8 Å². The molecule has 0 radical (unpaired) electrons. The largest absolute Gasteiger partial charge is 0.322 e. The highest BCUT2D eigenvalue weighted by molar-refractivity contribution is 6.05. The number of hydrogen-bond acceptors (Lipinski definition) is 5. The van der Waals surface area contributed by atoms with Crippen LogP contribution in [0.15, 0.2) is 12.1 Å². The lowest BCUT2D eigenvalue weighted by Crippen LogP contribution is -2.52. The number of piperidine rings is 1. The maximum absolute atomic E-state index is 12.8. The van der Waals surface area contributed by atoms with Gasteiger partial charge < -0.3 is 4.90 Å². The summed E-state index contributed by atoms with van der Waals surface area (Å²) in [5.41, 5.74) is 3.75. The molecule has 7 heteroatoms. The van der Waals surface area contributed by atoms with Crippen molar-refractivity contribution in [2.24, 2.45) is 0 Å². The number of hydrogen-bond donors (Lipinski definition) is 1. The first-order valence-electron chi connectivity index (χ1n) is 8.43. The van der Waals surface area contributed by atoms with E-state index in [1.54, 1.807) is 11.8 Å². The van der Waals surface area contributed by atoms with Crippen LogP contribution in [0.4, 0.5) is 0 Å². The van der Waals surface area contributed by atoms with Crippen LogP contribution in [0.1, 0.15) is 46.8 Å². The molecule has 7 nitrogen and oxygen atoms in total. The number of ketones is 1. The Labute approximate surface area is 145 Å². The Morgan fingerprint density at radius 1 is 1.12 bits per heavy atom. The van der Waals surface area contributed by atoms with Gasteiger partial charge in [-0.1, -0.05) is 6.07 Å². The average molecular weight is 341 g/mol. The van der Waals surface area contributed by atoms with Crippen LogP contribution in [0.2, 0.25) is 0 Å². The van der Waals surface area contributed by atoms with Crippen LogP contribution < -0.4 is 5.32 Å². The normalized spacial score (nSPS) is 22.8. The number of fused-ring (bicyclic) bond motifs is 2. The van der Waals surface area contributed by atoms with E-state index in [0.717, 1.165) is 16.7 Å². The minimum Gasteiger partial charge on any atom is -0.322 e. The van der Waals surface area contributed by atoms with E-state index in [1.165, 1.54) is 0 Å². The standard InChI is InChI=1S/C18H19N3O4/c1-10(22)6-20-7-11-4-13-9-21(15-2-3-16(23)19-17(15)24)18(25)14(13)5-12(11)8-20/h4-5,15H,2-3,6-9H2,1H3,(H,19,23,24). The lowest BCUT2D eigenvalue weighted by molar-refractivity contribution is -0.137. The second-order valence-corrected chi connectivity index (χ2v) is 7.03. The Hall–Kier alpha value is -2.54. The topological polar surface area (TPSA) is 86.8 Å². The molecule has 1 N–H and O–H groups in total. The number of Topliss-reactive ketones (excluding diaryl/α,β-unsaturated/α-hetero) is 1. The molecule has 0 aliphatic carbocycles. The summed E-state index contributed by atoms with van der Waals surface area (Å²) in [6, 6.07) is 3.34. The fourth-order valence-electron chi connectivity index (χ4n) is 3.97. The second-order valence-electron chi connectivity index (χ2n) is 7.03.